The van der Waals surface area contributed by atoms with Gasteiger partial charge < -0.3 is 4.74 Å². The molecule has 2 heterocycles. The van der Waals surface area contributed by atoms with E-state index in [1.165, 1.54) is 6.92 Å². The molecule has 0 N–H and O–H groups in total. The lowest BCUT2D eigenvalue weighted by Crippen LogP contribution is -2.31. The topological polar surface area (TPSA) is 117 Å². The van der Waals surface area contributed by atoms with Gasteiger partial charge in [0.2, 0.25) is 0 Å². The minimum Gasteiger partial charge on any atom is -0.389 e. The Morgan fingerprint density at radius 2 is 1.83 bits per heavy atom. The molecule has 1 aliphatic heterocycles. The molecule has 10 heteroatoms. The number of amides is 2. The zero-order valence-corrected chi connectivity index (χ0v) is 12.0. The maximum atomic E-state index is 12.0. The number of rotatable bonds is 5. The number of fused-ring (bicyclic) bond motifs is 1. The van der Waals surface area contributed by atoms with Crippen LogP contribution < -0.4 is 4.74 Å². The number of aromatic nitrogens is 4. The number of hydrogen-bond donors (Lipinski definition) is 0. The van der Waals surface area contributed by atoms with Crippen molar-refractivity contribution in [1.29, 1.82) is 0 Å². The number of nitrogens with zero attached hydrogens (tertiary/aromatic N) is 5. The van der Waals surface area contributed by atoms with Crippen LogP contribution in [0.2, 0.25) is 0 Å². The van der Waals surface area contributed by atoms with Crippen LogP contribution in [0, 0.1) is 0 Å². The first-order chi connectivity index (χ1) is 11.1. The lowest BCUT2D eigenvalue weighted by molar-refractivity contribution is -0.132. The normalized spacial score (nSPS) is 13.3. The Morgan fingerprint density at radius 3 is 2.43 bits per heavy atom. The van der Waals surface area contributed by atoms with Gasteiger partial charge in [0.05, 0.1) is 24.3 Å². The van der Waals surface area contributed by atoms with E-state index in [0.717, 1.165) is 4.80 Å². The van der Waals surface area contributed by atoms with Crippen molar-refractivity contribution in [1.82, 2.24) is 25.3 Å². The van der Waals surface area contributed by atoms with Crippen LogP contribution in [-0.4, -0.2) is 49.7 Å². The standard InChI is InChI=1S/C13H11N5O5/c1-8(19)23-13-14-16-17(15-13)6-7-22-18-11(20)9-4-2-3-5-10(9)12(18)21/h2-5H,6-7H2,1H3. The van der Waals surface area contributed by atoms with Crippen LogP contribution in [0.1, 0.15) is 27.6 Å². The van der Waals surface area contributed by atoms with Crippen LogP contribution in [0.15, 0.2) is 24.3 Å². The molecule has 118 valence electrons. The number of carbonyl (C=O) groups is 3. The van der Waals surface area contributed by atoms with E-state index in [0.29, 0.717) is 16.2 Å². The highest BCUT2D eigenvalue weighted by atomic mass is 16.7. The first-order valence-electron chi connectivity index (χ1n) is 6.63. The molecule has 0 fully saturated rings. The van der Waals surface area contributed by atoms with Crippen molar-refractivity contribution in [3.63, 3.8) is 0 Å². The highest BCUT2D eigenvalue weighted by Crippen LogP contribution is 2.22. The zero-order chi connectivity index (χ0) is 16.4. The number of carbonyl (C=O) groups excluding carboxylic acids is 3. The van der Waals surface area contributed by atoms with E-state index in [1.54, 1.807) is 24.3 Å². The summed E-state index contributed by atoms with van der Waals surface area (Å²) in [5.41, 5.74) is 0.599. The average Bonchev–Trinajstić information content (AvgIpc) is 3.05. The van der Waals surface area contributed by atoms with Gasteiger partial charge >= 0.3 is 12.0 Å². The molecule has 2 aromatic rings. The summed E-state index contributed by atoms with van der Waals surface area (Å²) in [6, 6.07) is 6.28. The van der Waals surface area contributed by atoms with Crippen molar-refractivity contribution in [2.45, 2.75) is 13.5 Å². The van der Waals surface area contributed by atoms with Crippen molar-refractivity contribution in [3.8, 4) is 6.01 Å². The number of benzene rings is 1. The highest BCUT2D eigenvalue weighted by Gasteiger charge is 2.36. The average molecular weight is 317 g/mol. The molecule has 2 amide bonds. The summed E-state index contributed by atoms with van der Waals surface area (Å²) in [6.07, 6.45) is 0. The Bertz CT molecular complexity index is 752. The van der Waals surface area contributed by atoms with Gasteiger partial charge in [0.25, 0.3) is 11.8 Å². The third kappa shape index (κ3) is 2.92. The Morgan fingerprint density at radius 1 is 1.17 bits per heavy atom. The van der Waals surface area contributed by atoms with Crippen LogP contribution in [0.5, 0.6) is 6.01 Å². The number of hydroxylamine groups is 2. The second-order valence-corrected chi connectivity index (χ2v) is 4.55. The third-order valence-electron chi connectivity index (χ3n) is 2.94. The van der Waals surface area contributed by atoms with Gasteiger partial charge in [-0.15, -0.1) is 5.06 Å². The van der Waals surface area contributed by atoms with Crippen molar-refractivity contribution in [2.75, 3.05) is 6.61 Å². The van der Waals surface area contributed by atoms with Gasteiger partial charge in [-0.3, -0.25) is 19.2 Å². The SMILES string of the molecule is CC(=O)Oc1nnn(CCON2C(=O)c3ccccc3C2=O)n1. The van der Waals surface area contributed by atoms with Crippen LogP contribution in [-0.2, 0) is 16.2 Å². The largest absolute Gasteiger partial charge is 0.389 e. The lowest BCUT2D eigenvalue weighted by Gasteiger charge is -2.12. The van der Waals surface area contributed by atoms with Crippen LogP contribution >= 0.6 is 0 Å². The molecular formula is C13H11N5O5. The van der Waals surface area contributed by atoms with E-state index < -0.39 is 17.8 Å². The molecule has 1 aromatic carbocycles. The van der Waals surface area contributed by atoms with Crippen molar-refractivity contribution < 1.29 is 24.0 Å². The quantitative estimate of drug-likeness (QED) is 0.551. The number of tetrazole rings is 1. The number of ether oxygens (including phenoxy) is 1. The first-order valence-corrected chi connectivity index (χ1v) is 6.63. The molecule has 1 aliphatic rings. The molecule has 10 nitrogen and oxygen atoms in total. The molecule has 1 aromatic heterocycles. The van der Waals surface area contributed by atoms with E-state index in [4.69, 9.17) is 4.84 Å². The first kappa shape index (κ1) is 14.8. The molecule has 0 atom stereocenters. The highest BCUT2D eigenvalue weighted by molar-refractivity contribution is 6.20. The summed E-state index contributed by atoms with van der Waals surface area (Å²) < 4.78 is 4.65. The van der Waals surface area contributed by atoms with Gasteiger partial charge in [0, 0.05) is 6.92 Å². The summed E-state index contributed by atoms with van der Waals surface area (Å²) in [6.45, 7) is 1.29. The number of hydrogen-bond acceptors (Lipinski definition) is 8. The smallest absolute Gasteiger partial charge is 0.363 e. The Kier molecular flexibility index (Phi) is 3.81. The van der Waals surface area contributed by atoms with Crippen LogP contribution in [0.25, 0.3) is 0 Å². The predicted octanol–water partition coefficient (Wildman–Crippen LogP) is -0.174. The predicted molar refractivity (Wildman–Crippen MR) is 72.0 cm³/mol. The van der Waals surface area contributed by atoms with Crippen molar-refractivity contribution in [2.24, 2.45) is 0 Å². The molecular weight excluding hydrogens is 306 g/mol. The summed E-state index contributed by atoms with van der Waals surface area (Å²) in [5, 5.41) is 11.6. The number of imide groups is 1. The Labute approximate surface area is 129 Å². The second-order valence-electron chi connectivity index (χ2n) is 4.55. The van der Waals surface area contributed by atoms with Crippen LogP contribution in [0.3, 0.4) is 0 Å². The van der Waals surface area contributed by atoms with E-state index in [2.05, 4.69) is 20.1 Å². The monoisotopic (exact) mass is 317 g/mol. The van der Waals surface area contributed by atoms with Crippen molar-refractivity contribution >= 4 is 17.8 Å². The molecule has 0 saturated heterocycles. The molecule has 0 aliphatic carbocycles. The Balaban J connectivity index is 1.58. The zero-order valence-electron chi connectivity index (χ0n) is 12.0. The summed E-state index contributed by atoms with van der Waals surface area (Å²) in [7, 11) is 0. The third-order valence-corrected chi connectivity index (χ3v) is 2.94. The van der Waals surface area contributed by atoms with E-state index >= 15 is 0 Å². The van der Waals surface area contributed by atoms with E-state index in [9.17, 15) is 14.4 Å². The van der Waals surface area contributed by atoms with Gasteiger partial charge in [0.15, 0.2) is 0 Å². The number of esters is 1. The fraction of sp³-hybridized carbons (Fsp3) is 0.231. The molecule has 0 spiro atoms. The fourth-order valence-corrected chi connectivity index (χ4v) is 1.99. The lowest BCUT2D eigenvalue weighted by atomic mass is 10.1. The maximum Gasteiger partial charge on any atom is 0.363 e. The molecule has 0 saturated carbocycles. The summed E-state index contributed by atoms with van der Waals surface area (Å²) in [4.78, 5) is 41.2. The molecule has 3 rings (SSSR count). The van der Waals surface area contributed by atoms with E-state index in [1.807, 2.05) is 0 Å². The van der Waals surface area contributed by atoms with Crippen molar-refractivity contribution in [3.05, 3.63) is 35.4 Å². The molecule has 0 unspecified atom stereocenters. The summed E-state index contributed by atoms with van der Waals surface area (Å²) in [5.74, 6) is -1.60. The minimum atomic E-state index is -0.563. The minimum absolute atomic E-state index is 0.0403. The molecule has 0 radical (unpaired) electrons. The molecule has 23 heavy (non-hydrogen) atoms. The van der Waals surface area contributed by atoms with Gasteiger partial charge in [-0.1, -0.05) is 22.3 Å². The van der Waals surface area contributed by atoms with Gasteiger partial charge in [-0.05, 0) is 17.3 Å². The van der Waals surface area contributed by atoms with Crippen LogP contribution in [0.4, 0.5) is 0 Å². The molecule has 0 bridgehead atoms. The van der Waals surface area contributed by atoms with Gasteiger partial charge in [-0.2, -0.15) is 4.80 Å². The fourth-order valence-electron chi connectivity index (χ4n) is 1.99. The maximum absolute atomic E-state index is 12.0. The Hall–Kier alpha value is -3.14. The van der Waals surface area contributed by atoms with Gasteiger partial charge in [0.1, 0.15) is 0 Å². The summed E-state index contributed by atoms with van der Waals surface area (Å²) >= 11 is 0. The van der Waals surface area contributed by atoms with Gasteiger partial charge in [-0.25, -0.2) is 0 Å². The van der Waals surface area contributed by atoms with E-state index in [-0.39, 0.29) is 19.2 Å². The second kappa shape index (κ2) is 5.93.